The maximum atomic E-state index is 2.36. The third-order valence-electron chi connectivity index (χ3n) is 2.47. The lowest BCUT2D eigenvalue weighted by atomic mass is 9.89. The van der Waals surface area contributed by atoms with Crippen molar-refractivity contribution in [2.24, 2.45) is 5.41 Å². The van der Waals surface area contributed by atoms with Gasteiger partial charge in [0, 0.05) is 0 Å². The van der Waals surface area contributed by atoms with Crippen LogP contribution in [0, 0.1) is 5.41 Å². The Kier molecular flexibility index (Phi) is 1.89. The van der Waals surface area contributed by atoms with Crippen LogP contribution in [0.2, 0.25) is 0 Å². The Balaban J connectivity index is 2.68. The molecule has 0 radical (unpaired) electrons. The lowest BCUT2D eigenvalue weighted by Gasteiger charge is -2.16. The predicted octanol–water partition coefficient (Wildman–Crippen LogP) is 3.53. The Morgan fingerprint density at radius 2 is 1.90 bits per heavy atom. The molecule has 0 aliphatic heterocycles. The molecule has 0 unspecified atom stereocenters. The van der Waals surface area contributed by atoms with E-state index in [2.05, 4.69) is 27.7 Å². The minimum absolute atomic E-state index is 0.565. The number of hydrogen-bond acceptors (Lipinski definition) is 0. The molecule has 0 bridgehead atoms. The molecule has 10 heavy (non-hydrogen) atoms. The van der Waals surface area contributed by atoms with Crippen LogP contribution in [-0.4, -0.2) is 0 Å². The van der Waals surface area contributed by atoms with E-state index in [0.717, 1.165) is 0 Å². The van der Waals surface area contributed by atoms with Gasteiger partial charge in [0.25, 0.3) is 0 Å². The highest BCUT2D eigenvalue weighted by molar-refractivity contribution is 5.21. The summed E-state index contributed by atoms with van der Waals surface area (Å²) < 4.78 is 0. The largest absolute Gasteiger partial charge is 0.0736 e. The standard InChI is InChI=1S/C10H18/c1-5-9-7-10(3,4)6-8(9)2/h5-7H2,1-4H3. The summed E-state index contributed by atoms with van der Waals surface area (Å²) >= 11 is 0. The molecule has 1 aliphatic carbocycles. The second-order valence-corrected chi connectivity index (χ2v) is 4.26. The fourth-order valence-electron chi connectivity index (χ4n) is 2.06. The molecular formula is C10H18. The van der Waals surface area contributed by atoms with E-state index in [1.54, 1.807) is 11.1 Å². The van der Waals surface area contributed by atoms with Gasteiger partial charge in [-0.25, -0.2) is 0 Å². The van der Waals surface area contributed by atoms with Gasteiger partial charge in [0.15, 0.2) is 0 Å². The summed E-state index contributed by atoms with van der Waals surface area (Å²) in [6, 6.07) is 0. The van der Waals surface area contributed by atoms with Crippen LogP contribution < -0.4 is 0 Å². The smallest absolute Gasteiger partial charge is 0.0263 e. The molecule has 0 aromatic rings. The third kappa shape index (κ3) is 1.42. The van der Waals surface area contributed by atoms with Crippen LogP contribution in [0.1, 0.15) is 47.0 Å². The number of rotatable bonds is 1. The molecule has 0 nitrogen and oxygen atoms in total. The molecule has 0 fully saturated rings. The van der Waals surface area contributed by atoms with Gasteiger partial charge in [0.2, 0.25) is 0 Å². The van der Waals surface area contributed by atoms with E-state index in [9.17, 15) is 0 Å². The maximum Gasteiger partial charge on any atom is -0.0263 e. The van der Waals surface area contributed by atoms with Crippen molar-refractivity contribution < 1.29 is 0 Å². The highest BCUT2D eigenvalue weighted by Crippen LogP contribution is 2.41. The van der Waals surface area contributed by atoms with Crippen LogP contribution in [0.5, 0.6) is 0 Å². The minimum Gasteiger partial charge on any atom is -0.0736 e. The Morgan fingerprint density at radius 3 is 2.10 bits per heavy atom. The van der Waals surface area contributed by atoms with Crippen LogP contribution >= 0.6 is 0 Å². The first kappa shape index (κ1) is 7.84. The molecule has 0 heteroatoms. The lowest BCUT2D eigenvalue weighted by Crippen LogP contribution is -2.04. The van der Waals surface area contributed by atoms with Gasteiger partial charge in [0.05, 0.1) is 0 Å². The van der Waals surface area contributed by atoms with E-state index >= 15 is 0 Å². The van der Waals surface area contributed by atoms with Crippen LogP contribution in [0.4, 0.5) is 0 Å². The van der Waals surface area contributed by atoms with Gasteiger partial charge in [-0.2, -0.15) is 0 Å². The molecule has 0 heterocycles. The first-order valence-electron chi connectivity index (χ1n) is 4.22. The third-order valence-corrected chi connectivity index (χ3v) is 2.47. The van der Waals surface area contributed by atoms with E-state index in [0.29, 0.717) is 5.41 Å². The zero-order chi connectivity index (χ0) is 7.78. The maximum absolute atomic E-state index is 2.36. The highest BCUT2D eigenvalue weighted by Gasteiger charge is 2.26. The van der Waals surface area contributed by atoms with Gasteiger partial charge < -0.3 is 0 Å². The molecule has 0 atom stereocenters. The van der Waals surface area contributed by atoms with Crippen molar-refractivity contribution in [3.63, 3.8) is 0 Å². The van der Waals surface area contributed by atoms with Crippen molar-refractivity contribution in [2.45, 2.75) is 47.0 Å². The monoisotopic (exact) mass is 138 g/mol. The predicted molar refractivity (Wildman–Crippen MR) is 46.0 cm³/mol. The van der Waals surface area contributed by atoms with Crippen LogP contribution in [0.15, 0.2) is 11.1 Å². The van der Waals surface area contributed by atoms with Crippen molar-refractivity contribution in [3.8, 4) is 0 Å². The first-order valence-corrected chi connectivity index (χ1v) is 4.22. The summed E-state index contributed by atoms with van der Waals surface area (Å²) in [5.41, 5.74) is 3.91. The summed E-state index contributed by atoms with van der Waals surface area (Å²) in [7, 11) is 0. The molecule has 0 saturated carbocycles. The summed E-state index contributed by atoms with van der Waals surface area (Å²) in [4.78, 5) is 0. The molecule has 58 valence electrons. The molecule has 0 saturated heterocycles. The Bertz CT molecular complexity index is 161. The normalized spacial score (nSPS) is 24.0. The summed E-state index contributed by atoms with van der Waals surface area (Å²) in [6.45, 7) is 9.27. The van der Waals surface area contributed by atoms with Crippen molar-refractivity contribution in [1.29, 1.82) is 0 Å². The summed E-state index contributed by atoms with van der Waals surface area (Å²) in [5.74, 6) is 0. The first-order chi connectivity index (χ1) is 4.55. The average molecular weight is 138 g/mol. The summed E-state index contributed by atoms with van der Waals surface area (Å²) in [6.07, 6.45) is 3.90. The molecule has 1 aliphatic rings. The molecular weight excluding hydrogens is 120 g/mol. The van der Waals surface area contributed by atoms with Crippen molar-refractivity contribution in [1.82, 2.24) is 0 Å². The summed E-state index contributed by atoms with van der Waals surface area (Å²) in [5, 5.41) is 0. The van der Waals surface area contributed by atoms with E-state index in [1.807, 2.05) is 0 Å². The highest BCUT2D eigenvalue weighted by atomic mass is 14.3. The van der Waals surface area contributed by atoms with Gasteiger partial charge in [-0.3, -0.25) is 0 Å². The molecule has 0 amide bonds. The minimum atomic E-state index is 0.565. The molecule has 1 rings (SSSR count). The quantitative estimate of drug-likeness (QED) is 0.486. The number of allylic oxidation sites excluding steroid dienone is 2. The fourth-order valence-corrected chi connectivity index (χ4v) is 2.06. The molecule has 0 aromatic heterocycles. The van der Waals surface area contributed by atoms with E-state index in [-0.39, 0.29) is 0 Å². The second-order valence-electron chi connectivity index (χ2n) is 4.26. The van der Waals surface area contributed by atoms with Gasteiger partial charge >= 0.3 is 0 Å². The van der Waals surface area contributed by atoms with E-state index < -0.39 is 0 Å². The molecule has 0 aromatic carbocycles. The van der Waals surface area contributed by atoms with E-state index in [1.165, 1.54) is 19.3 Å². The van der Waals surface area contributed by atoms with Gasteiger partial charge in [-0.05, 0) is 31.6 Å². The van der Waals surface area contributed by atoms with E-state index in [4.69, 9.17) is 0 Å². The SMILES string of the molecule is CCC1=C(C)CC(C)(C)C1. The van der Waals surface area contributed by atoms with Gasteiger partial charge in [-0.1, -0.05) is 31.9 Å². The molecule has 0 spiro atoms. The Hall–Kier alpha value is -0.260. The van der Waals surface area contributed by atoms with Gasteiger partial charge in [-0.15, -0.1) is 0 Å². The zero-order valence-electron chi connectivity index (χ0n) is 7.62. The lowest BCUT2D eigenvalue weighted by molar-refractivity contribution is 0.387. The van der Waals surface area contributed by atoms with Crippen LogP contribution in [0.3, 0.4) is 0 Å². The zero-order valence-corrected chi connectivity index (χ0v) is 7.62. The number of hydrogen-bond donors (Lipinski definition) is 0. The second kappa shape index (κ2) is 2.41. The average Bonchev–Trinajstić information content (AvgIpc) is 2.05. The van der Waals surface area contributed by atoms with Crippen molar-refractivity contribution in [3.05, 3.63) is 11.1 Å². The topological polar surface area (TPSA) is 0 Å². The fraction of sp³-hybridized carbons (Fsp3) is 0.800. The Labute approximate surface area is 64.3 Å². The Morgan fingerprint density at radius 1 is 1.30 bits per heavy atom. The van der Waals surface area contributed by atoms with Crippen molar-refractivity contribution >= 4 is 0 Å². The molecule has 0 N–H and O–H groups in total. The van der Waals surface area contributed by atoms with Crippen LogP contribution in [-0.2, 0) is 0 Å². The van der Waals surface area contributed by atoms with Crippen LogP contribution in [0.25, 0.3) is 0 Å². The van der Waals surface area contributed by atoms with Gasteiger partial charge in [0.1, 0.15) is 0 Å². The van der Waals surface area contributed by atoms with Crippen molar-refractivity contribution in [2.75, 3.05) is 0 Å².